The first kappa shape index (κ1) is 28.0. The molecule has 2 aromatic heterocycles. The largest absolute Gasteiger partial charge is 0.573 e. The summed E-state index contributed by atoms with van der Waals surface area (Å²) in [5, 5.41) is 5.13. The number of anilines is 1. The molecule has 5 rings (SSSR count). The Bertz CT molecular complexity index is 1460. The molecule has 40 heavy (non-hydrogen) atoms. The van der Waals surface area contributed by atoms with E-state index < -0.39 is 6.36 Å². The molecule has 210 valence electrons. The number of nitrogens with zero attached hydrogens (tertiary/aromatic N) is 3. The molecule has 1 aliphatic heterocycles. The molecule has 0 aliphatic carbocycles. The lowest BCUT2D eigenvalue weighted by Gasteiger charge is -2.34. The van der Waals surface area contributed by atoms with E-state index in [1.54, 1.807) is 35.0 Å². The molecule has 1 saturated heterocycles. The molecule has 1 aliphatic rings. The van der Waals surface area contributed by atoms with Gasteiger partial charge in [-0.3, -0.25) is 4.79 Å². The SMILES string of the molecule is CCc1nn2ccc(Cl)cc2c1C(=O)CCCc1ccc(N2CCC(c3ccc(OC(F)(F)F)cc3)CC2)cc1. The number of benzene rings is 2. The van der Waals surface area contributed by atoms with Gasteiger partial charge in [0.1, 0.15) is 5.75 Å². The molecule has 0 unspecified atom stereocenters. The summed E-state index contributed by atoms with van der Waals surface area (Å²) < 4.78 is 42.9. The van der Waals surface area contributed by atoms with Crippen molar-refractivity contribution in [3.63, 3.8) is 0 Å². The van der Waals surface area contributed by atoms with Crippen molar-refractivity contribution in [3.05, 3.63) is 94.3 Å². The lowest BCUT2D eigenvalue weighted by Crippen LogP contribution is -2.32. The number of carbonyl (C=O) groups excluding carboxylic acids is 1. The summed E-state index contributed by atoms with van der Waals surface area (Å²) in [4.78, 5) is 15.4. The van der Waals surface area contributed by atoms with Crippen molar-refractivity contribution < 1.29 is 22.7 Å². The van der Waals surface area contributed by atoms with Crippen LogP contribution in [0.15, 0.2) is 66.9 Å². The van der Waals surface area contributed by atoms with Crippen LogP contribution < -0.4 is 9.64 Å². The van der Waals surface area contributed by atoms with E-state index in [4.69, 9.17) is 11.6 Å². The molecule has 0 amide bonds. The number of aryl methyl sites for hydroxylation is 2. The Morgan fingerprint density at radius 3 is 2.40 bits per heavy atom. The Morgan fingerprint density at radius 1 is 1.05 bits per heavy atom. The van der Waals surface area contributed by atoms with Crippen LogP contribution in [0.1, 0.15) is 65.7 Å². The van der Waals surface area contributed by atoms with E-state index in [-0.39, 0.29) is 11.5 Å². The molecule has 5 nitrogen and oxygen atoms in total. The fraction of sp³-hybridized carbons (Fsp3) is 0.355. The summed E-state index contributed by atoms with van der Waals surface area (Å²) in [6.45, 7) is 3.75. The van der Waals surface area contributed by atoms with Crippen LogP contribution in [-0.2, 0) is 12.8 Å². The highest BCUT2D eigenvalue weighted by Gasteiger charge is 2.31. The van der Waals surface area contributed by atoms with Crippen molar-refractivity contribution in [2.45, 2.75) is 57.7 Å². The van der Waals surface area contributed by atoms with Crippen LogP contribution in [-0.4, -0.2) is 34.8 Å². The van der Waals surface area contributed by atoms with Crippen LogP contribution in [0.3, 0.4) is 0 Å². The van der Waals surface area contributed by atoms with E-state index in [0.29, 0.717) is 29.3 Å². The number of carbonyl (C=O) groups is 1. The molecule has 9 heteroatoms. The monoisotopic (exact) mass is 569 g/mol. The van der Waals surface area contributed by atoms with E-state index in [1.807, 2.05) is 6.92 Å². The minimum Gasteiger partial charge on any atom is -0.406 e. The van der Waals surface area contributed by atoms with Gasteiger partial charge in [-0.25, -0.2) is 4.52 Å². The Labute approximate surface area is 236 Å². The Balaban J connectivity index is 1.12. The quantitative estimate of drug-likeness (QED) is 0.191. The van der Waals surface area contributed by atoms with Gasteiger partial charge in [-0.1, -0.05) is 42.8 Å². The highest BCUT2D eigenvalue weighted by molar-refractivity contribution is 6.31. The Kier molecular flexibility index (Phi) is 8.35. The molecule has 1 fully saturated rings. The van der Waals surface area contributed by atoms with Gasteiger partial charge in [-0.2, -0.15) is 5.10 Å². The molecular formula is C31H31ClF3N3O2. The second kappa shape index (κ2) is 11.9. The number of hydrogen-bond donors (Lipinski definition) is 0. The third-order valence-corrected chi connectivity index (χ3v) is 7.77. The van der Waals surface area contributed by atoms with Gasteiger partial charge in [-0.15, -0.1) is 13.2 Å². The second-order valence-electron chi connectivity index (χ2n) is 10.2. The number of aromatic nitrogens is 2. The minimum absolute atomic E-state index is 0.0936. The van der Waals surface area contributed by atoms with E-state index in [0.717, 1.165) is 61.2 Å². The smallest absolute Gasteiger partial charge is 0.406 e. The molecule has 0 atom stereocenters. The molecule has 4 aromatic rings. The number of alkyl halides is 3. The first-order valence-corrected chi connectivity index (χ1v) is 14.0. The fourth-order valence-electron chi connectivity index (χ4n) is 5.48. The maximum absolute atomic E-state index is 13.1. The van der Waals surface area contributed by atoms with E-state index in [9.17, 15) is 18.0 Å². The predicted molar refractivity (Wildman–Crippen MR) is 151 cm³/mol. The number of pyridine rings is 1. The highest BCUT2D eigenvalue weighted by atomic mass is 35.5. The van der Waals surface area contributed by atoms with Crippen molar-refractivity contribution in [3.8, 4) is 5.75 Å². The van der Waals surface area contributed by atoms with Crippen molar-refractivity contribution in [1.82, 2.24) is 9.61 Å². The van der Waals surface area contributed by atoms with Crippen molar-refractivity contribution >= 4 is 28.6 Å². The zero-order valence-corrected chi connectivity index (χ0v) is 23.0. The van der Waals surface area contributed by atoms with Gasteiger partial charge in [0, 0.05) is 36.4 Å². The van der Waals surface area contributed by atoms with Gasteiger partial charge < -0.3 is 9.64 Å². The average molecular weight is 570 g/mol. The van der Waals surface area contributed by atoms with Crippen molar-refractivity contribution in [1.29, 1.82) is 0 Å². The van der Waals surface area contributed by atoms with Gasteiger partial charge in [0.2, 0.25) is 0 Å². The minimum atomic E-state index is -4.68. The van der Waals surface area contributed by atoms with E-state index in [2.05, 4.69) is 39.0 Å². The molecular weight excluding hydrogens is 539 g/mol. The van der Waals surface area contributed by atoms with Gasteiger partial charge in [0.15, 0.2) is 5.78 Å². The Morgan fingerprint density at radius 2 is 1.75 bits per heavy atom. The Hall–Kier alpha value is -3.52. The van der Waals surface area contributed by atoms with Crippen LogP contribution in [0.4, 0.5) is 18.9 Å². The summed E-state index contributed by atoms with van der Waals surface area (Å²) in [7, 11) is 0. The van der Waals surface area contributed by atoms with Gasteiger partial charge in [0.25, 0.3) is 0 Å². The number of rotatable bonds is 9. The summed E-state index contributed by atoms with van der Waals surface area (Å²) in [5.74, 6) is 0.214. The maximum atomic E-state index is 13.1. The zero-order valence-electron chi connectivity index (χ0n) is 22.3. The van der Waals surface area contributed by atoms with Crippen LogP contribution in [0.25, 0.3) is 5.52 Å². The van der Waals surface area contributed by atoms with Crippen molar-refractivity contribution in [2.24, 2.45) is 0 Å². The number of hydrogen-bond acceptors (Lipinski definition) is 4. The lowest BCUT2D eigenvalue weighted by molar-refractivity contribution is -0.274. The first-order valence-electron chi connectivity index (χ1n) is 13.6. The molecule has 0 spiro atoms. The van der Waals surface area contributed by atoms with Gasteiger partial charge in [0.05, 0.1) is 16.8 Å². The molecule has 0 radical (unpaired) electrons. The third-order valence-electron chi connectivity index (χ3n) is 7.53. The summed E-state index contributed by atoms with van der Waals surface area (Å²) >= 11 is 6.17. The number of fused-ring (bicyclic) bond motifs is 1. The van der Waals surface area contributed by atoms with E-state index >= 15 is 0 Å². The average Bonchev–Trinajstić information content (AvgIpc) is 3.31. The number of piperidine rings is 1. The molecule has 2 aromatic carbocycles. The molecule has 0 N–H and O–H groups in total. The molecule has 0 saturated carbocycles. The van der Waals surface area contributed by atoms with Crippen LogP contribution >= 0.6 is 11.6 Å². The van der Waals surface area contributed by atoms with Gasteiger partial charge >= 0.3 is 6.36 Å². The fourth-order valence-corrected chi connectivity index (χ4v) is 5.64. The first-order chi connectivity index (χ1) is 19.2. The summed E-state index contributed by atoms with van der Waals surface area (Å²) in [6, 6.07) is 18.3. The van der Waals surface area contributed by atoms with Crippen LogP contribution in [0, 0.1) is 0 Å². The van der Waals surface area contributed by atoms with Crippen LogP contribution in [0.2, 0.25) is 5.02 Å². The second-order valence-corrected chi connectivity index (χ2v) is 10.6. The highest BCUT2D eigenvalue weighted by Crippen LogP contribution is 2.32. The lowest BCUT2D eigenvalue weighted by atomic mass is 9.89. The van der Waals surface area contributed by atoms with Crippen LogP contribution in [0.5, 0.6) is 5.75 Å². The third kappa shape index (κ3) is 6.61. The maximum Gasteiger partial charge on any atom is 0.573 e. The normalized spacial score (nSPS) is 14.6. The standard InChI is InChI=1S/C31H31ClF3N3O2/c1-2-27-30(28-20-24(32)16-19-38(28)36-27)29(39)5-3-4-21-6-10-25(11-7-21)37-17-14-23(15-18-37)22-8-12-26(13-9-22)40-31(33,34)35/h6-13,16,19-20,23H,2-5,14-15,17-18H2,1H3. The molecule has 3 heterocycles. The topological polar surface area (TPSA) is 46.8 Å². The number of ketones is 1. The molecule has 0 bridgehead atoms. The van der Waals surface area contributed by atoms with Crippen molar-refractivity contribution in [2.75, 3.05) is 18.0 Å². The van der Waals surface area contributed by atoms with E-state index in [1.165, 1.54) is 17.7 Å². The van der Waals surface area contributed by atoms with Gasteiger partial charge in [-0.05, 0) is 85.5 Å². The number of halogens is 4. The number of Topliss-reactive ketones (excluding diaryl/α,β-unsaturated/α-hetero) is 1. The number of ether oxygens (including phenoxy) is 1. The summed E-state index contributed by atoms with van der Waals surface area (Å²) in [5.41, 5.74) is 5.61. The predicted octanol–water partition coefficient (Wildman–Crippen LogP) is 8.04. The zero-order chi connectivity index (χ0) is 28.3. The summed E-state index contributed by atoms with van der Waals surface area (Å²) in [6.07, 6.45) is 1.65.